The minimum Gasteiger partial charge on any atom is -0.469 e. The van der Waals surface area contributed by atoms with Crippen LogP contribution in [0.25, 0.3) is 11.0 Å². The van der Waals surface area contributed by atoms with E-state index in [1.54, 1.807) is 6.07 Å². The number of rotatable bonds is 6. The first-order valence-corrected chi connectivity index (χ1v) is 8.33. The summed E-state index contributed by atoms with van der Waals surface area (Å²) in [6, 6.07) is 14.6. The topological polar surface area (TPSA) is 81.4 Å². The molecule has 0 spiro atoms. The Morgan fingerprint density at radius 3 is 2.62 bits per heavy atom. The van der Waals surface area contributed by atoms with Gasteiger partial charge in [0.05, 0.1) is 26.0 Å². The molecular weight excluding hydrogens is 332 g/mol. The fourth-order valence-electron chi connectivity index (χ4n) is 2.76. The highest BCUT2D eigenvalue weighted by atomic mass is 16.5. The zero-order valence-corrected chi connectivity index (χ0v) is 14.7. The van der Waals surface area contributed by atoms with Gasteiger partial charge in [-0.2, -0.15) is 0 Å². The molecule has 0 bridgehead atoms. The number of carbonyl (C=O) groups is 2. The zero-order chi connectivity index (χ0) is 18.5. The lowest BCUT2D eigenvalue weighted by Crippen LogP contribution is -2.31. The van der Waals surface area contributed by atoms with E-state index in [1.807, 2.05) is 49.4 Å². The van der Waals surface area contributed by atoms with Crippen LogP contribution in [0.4, 0.5) is 0 Å². The van der Waals surface area contributed by atoms with Crippen LogP contribution in [0.5, 0.6) is 0 Å². The van der Waals surface area contributed by atoms with Crippen molar-refractivity contribution >= 4 is 22.8 Å². The number of amides is 1. The average Bonchev–Trinajstić information content (AvgIpc) is 3.04. The van der Waals surface area contributed by atoms with Gasteiger partial charge in [-0.15, -0.1) is 0 Å². The van der Waals surface area contributed by atoms with Crippen LogP contribution in [0.15, 0.2) is 53.1 Å². The highest BCUT2D eigenvalue weighted by molar-refractivity contribution is 5.86. The van der Waals surface area contributed by atoms with Crippen LogP contribution < -0.4 is 5.32 Å². The summed E-state index contributed by atoms with van der Waals surface area (Å²) in [7, 11) is 1.33. The molecule has 1 N–H and O–H groups in total. The molecule has 26 heavy (non-hydrogen) atoms. The van der Waals surface area contributed by atoms with Crippen molar-refractivity contribution in [3.63, 3.8) is 0 Å². The summed E-state index contributed by atoms with van der Waals surface area (Å²) in [6.07, 6.45) is 0.130. The van der Waals surface area contributed by atoms with Crippen LogP contribution >= 0.6 is 0 Å². The first kappa shape index (κ1) is 17.7. The quantitative estimate of drug-likeness (QED) is 0.690. The van der Waals surface area contributed by atoms with E-state index in [0.29, 0.717) is 11.3 Å². The highest BCUT2D eigenvalue weighted by Crippen LogP contribution is 2.21. The van der Waals surface area contributed by atoms with E-state index in [9.17, 15) is 9.59 Å². The normalized spacial score (nSPS) is 11.9. The van der Waals surface area contributed by atoms with Gasteiger partial charge < -0.3 is 14.6 Å². The summed E-state index contributed by atoms with van der Waals surface area (Å²) < 4.78 is 9.98. The molecule has 134 valence electrons. The molecular formula is C20H20N2O4. The molecule has 1 amide bonds. The van der Waals surface area contributed by atoms with Crippen molar-refractivity contribution in [3.05, 3.63) is 65.4 Å². The maximum atomic E-state index is 12.5. The molecule has 1 atom stereocenters. The number of nitrogens with one attached hydrogen (secondary N) is 1. The van der Waals surface area contributed by atoms with Crippen molar-refractivity contribution in [2.45, 2.75) is 25.8 Å². The molecule has 0 fully saturated rings. The number of para-hydroxylation sites is 1. The number of benzene rings is 2. The Kier molecular flexibility index (Phi) is 5.31. The second-order valence-electron chi connectivity index (χ2n) is 6.11. The van der Waals surface area contributed by atoms with Crippen molar-refractivity contribution in [2.24, 2.45) is 0 Å². The van der Waals surface area contributed by atoms with Gasteiger partial charge >= 0.3 is 5.97 Å². The van der Waals surface area contributed by atoms with Crippen molar-refractivity contribution in [1.82, 2.24) is 10.5 Å². The Balaban J connectivity index is 1.76. The van der Waals surface area contributed by atoms with Gasteiger partial charge in [0.2, 0.25) is 5.91 Å². The van der Waals surface area contributed by atoms with Crippen LogP contribution in [-0.4, -0.2) is 24.1 Å². The Labute approximate surface area is 151 Å². The molecule has 0 saturated carbocycles. The van der Waals surface area contributed by atoms with Gasteiger partial charge in [-0.1, -0.05) is 47.1 Å². The third-order valence-electron chi connectivity index (χ3n) is 4.19. The molecule has 6 heteroatoms. The summed E-state index contributed by atoms with van der Waals surface area (Å²) in [6.45, 7) is 1.98. The molecule has 0 aliphatic heterocycles. The van der Waals surface area contributed by atoms with E-state index in [-0.39, 0.29) is 24.7 Å². The molecule has 3 rings (SSSR count). The van der Waals surface area contributed by atoms with E-state index in [4.69, 9.17) is 9.26 Å². The fourth-order valence-corrected chi connectivity index (χ4v) is 2.76. The second-order valence-corrected chi connectivity index (χ2v) is 6.11. The number of aryl methyl sites for hydroxylation is 1. The number of nitrogens with zero attached hydrogens (tertiary/aromatic N) is 1. The van der Waals surface area contributed by atoms with E-state index in [1.165, 1.54) is 7.11 Å². The van der Waals surface area contributed by atoms with Crippen LogP contribution in [0, 0.1) is 6.92 Å². The molecule has 1 unspecified atom stereocenters. The fraction of sp³-hybridized carbons (Fsp3) is 0.250. The summed E-state index contributed by atoms with van der Waals surface area (Å²) in [4.78, 5) is 24.3. The lowest BCUT2D eigenvalue weighted by atomic mass is 10.0. The summed E-state index contributed by atoms with van der Waals surface area (Å²) in [5, 5.41) is 7.68. The number of ether oxygens (including phenoxy) is 1. The number of methoxy groups -OCH3 is 1. The SMILES string of the molecule is COC(=O)CC(NC(=O)Cc1noc2ccccc12)c1ccc(C)cc1. The Morgan fingerprint density at radius 1 is 1.15 bits per heavy atom. The van der Waals surface area contributed by atoms with Crippen LogP contribution in [-0.2, 0) is 20.7 Å². The van der Waals surface area contributed by atoms with E-state index < -0.39 is 6.04 Å². The van der Waals surface area contributed by atoms with Crippen molar-refractivity contribution < 1.29 is 18.8 Å². The monoisotopic (exact) mass is 352 g/mol. The maximum Gasteiger partial charge on any atom is 0.307 e. The van der Waals surface area contributed by atoms with Crippen LogP contribution in [0.1, 0.15) is 29.3 Å². The van der Waals surface area contributed by atoms with Gasteiger partial charge in [-0.3, -0.25) is 9.59 Å². The summed E-state index contributed by atoms with van der Waals surface area (Å²) in [5.41, 5.74) is 3.16. The van der Waals surface area contributed by atoms with Gasteiger partial charge in [0.25, 0.3) is 0 Å². The number of esters is 1. The third kappa shape index (κ3) is 4.08. The molecule has 2 aromatic carbocycles. The predicted molar refractivity (Wildman–Crippen MR) is 96.4 cm³/mol. The van der Waals surface area contributed by atoms with Gasteiger partial charge in [0.15, 0.2) is 5.58 Å². The molecule has 6 nitrogen and oxygen atoms in total. The van der Waals surface area contributed by atoms with E-state index >= 15 is 0 Å². The number of aromatic nitrogens is 1. The molecule has 3 aromatic rings. The summed E-state index contributed by atoms with van der Waals surface area (Å²) >= 11 is 0. The van der Waals surface area contributed by atoms with Gasteiger partial charge in [0.1, 0.15) is 5.69 Å². The standard InChI is InChI=1S/C20H20N2O4/c1-13-7-9-14(10-8-13)16(12-20(24)25-2)21-19(23)11-17-15-5-3-4-6-18(15)26-22-17/h3-10,16H,11-12H2,1-2H3,(H,21,23). The average molecular weight is 352 g/mol. The Bertz CT molecular complexity index is 915. The molecule has 0 aliphatic carbocycles. The molecule has 1 heterocycles. The molecule has 0 saturated heterocycles. The Morgan fingerprint density at radius 2 is 1.88 bits per heavy atom. The predicted octanol–water partition coefficient (Wildman–Crippen LogP) is 3.10. The third-order valence-corrected chi connectivity index (χ3v) is 4.19. The van der Waals surface area contributed by atoms with Crippen molar-refractivity contribution in [2.75, 3.05) is 7.11 Å². The highest BCUT2D eigenvalue weighted by Gasteiger charge is 2.20. The first-order chi connectivity index (χ1) is 12.6. The maximum absolute atomic E-state index is 12.5. The largest absolute Gasteiger partial charge is 0.469 e. The number of fused-ring (bicyclic) bond motifs is 1. The van der Waals surface area contributed by atoms with Gasteiger partial charge in [-0.25, -0.2) is 0 Å². The number of carbonyl (C=O) groups excluding carboxylic acids is 2. The van der Waals surface area contributed by atoms with Crippen LogP contribution in [0.2, 0.25) is 0 Å². The number of hydrogen-bond acceptors (Lipinski definition) is 5. The Hall–Kier alpha value is -3.15. The lowest BCUT2D eigenvalue weighted by Gasteiger charge is -2.18. The molecule has 0 aliphatic rings. The first-order valence-electron chi connectivity index (χ1n) is 8.33. The minimum atomic E-state index is -0.464. The summed E-state index contributed by atoms with van der Waals surface area (Å²) in [5.74, 6) is -0.624. The van der Waals surface area contributed by atoms with Gasteiger partial charge in [-0.05, 0) is 24.6 Å². The number of hydrogen-bond donors (Lipinski definition) is 1. The molecule has 0 radical (unpaired) electrons. The van der Waals surface area contributed by atoms with Gasteiger partial charge in [0, 0.05) is 5.39 Å². The van der Waals surface area contributed by atoms with Crippen molar-refractivity contribution in [1.29, 1.82) is 0 Å². The smallest absolute Gasteiger partial charge is 0.307 e. The van der Waals surface area contributed by atoms with E-state index in [0.717, 1.165) is 16.5 Å². The second kappa shape index (κ2) is 7.82. The van der Waals surface area contributed by atoms with Crippen LogP contribution in [0.3, 0.4) is 0 Å². The minimum absolute atomic E-state index is 0.0604. The molecule has 1 aromatic heterocycles. The van der Waals surface area contributed by atoms with E-state index in [2.05, 4.69) is 10.5 Å². The van der Waals surface area contributed by atoms with Crippen molar-refractivity contribution in [3.8, 4) is 0 Å². The lowest BCUT2D eigenvalue weighted by molar-refractivity contribution is -0.141. The zero-order valence-electron chi connectivity index (χ0n) is 14.7.